The van der Waals surface area contributed by atoms with E-state index in [-0.39, 0.29) is 18.3 Å². The van der Waals surface area contributed by atoms with Crippen LogP contribution >= 0.6 is 0 Å². The Morgan fingerprint density at radius 1 is 0.393 bits per heavy atom. The van der Waals surface area contributed by atoms with Gasteiger partial charge >= 0.3 is 59.6 Å². The van der Waals surface area contributed by atoms with E-state index in [1.165, 1.54) is 38.5 Å². The lowest BCUT2D eigenvalue weighted by Crippen LogP contribution is -2.77. The molecule has 0 radical (unpaired) electrons. The highest BCUT2D eigenvalue weighted by Crippen LogP contribution is 2.66. The molecule has 0 unspecified atom stereocenters. The average Bonchev–Trinajstić information content (AvgIpc) is 3.02. The molecule has 3 nitrogen and oxygen atoms in total. The van der Waals surface area contributed by atoms with Crippen molar-refractivity contribution in [1.82, 2.24) is 5.32 Å². The van der Waals surface area contributed by atoms with Crippen LogP contribution in [-0.4, -0.2) is 97.2 Å². The van der Waals surface area contributed by atoms with Gasteiger partial charge in [0.2, 0.25) is 0 Å². The zero-order chi connectivity index (χ0) is 44.5. The molecule has 24 heteroatoms. The maximum atomic E-state index is 14.2. The number of quaternary nitrogens is 1. The standard InChI is InChI=1S/C32H45F21N2O/c1-4-5-6-7-8-9-10-11-12-13-14-15-16-17-18-19-20-55(2,3)21-22(56)54-32(52,53)30(47,48)28(43,44)26(39,40)24(35,36)23(33,34)25(37,38)27(41,42)29(45,46)31(49,50)51/h4-21H2,1-3H3/p+1. The van der Waals surface area contributed by atoms with E-state index >= 15 is 0 Å². The van der Waals surface area contributed by atoms with E-state index in [1.807, 2.05) is 0 Å². The molecule has 0 aliphatic carbocycles. The molecule has 0 atom stereocenters. The number of nitrogens with one attached hydrogen (secondary N) is 1. The fraction of sp³-hybridized carbons (Fsp3) is 0.969. The lowest BCUT2D eigenvalue weighted by atomic mass is 9.87. The largest absolute Gasteiger partial charge is 0.460 e. The van der Waals surface area contributed by atoms with Crippen LogP contribution in [0.25, 0.3) is 0 Å². The van der Waals surface area contributed by atoms with Crippen LogP contribution in [0.2, 0.25) is 0 Å². The van der Waals surface area contributed by atoms with Gasteiger partial charge in [0, 0.05) is 0 Å². The Bertz CT molecular complexity index is 1200. The summed E-state index contributed by atoms with van der Waals surface area (Å²) in [6.45, 7) is 0.714. The summed E-state index contributed by atoms with van der Waals surface area (Å²) in [7, 11) is 2.20. The van der Waals surface area contributed by atoms with E-state index in [0.717, 1.165) is 59.0 Å². The second-order valence-electron chi connectivity index (χ2n) is 14.3. The normalized spacial score (nSPS) is 15.1. The molecule has 1 N–H and O–H groups in total. The number of carbonyl (C=O) groups excluding carboxylic acids is 1. The minimum absolute atomic E-state index is 0.0877. The number of alkyl halides is 21. The van der Waals surface area contributed by atoms with E-state index in [1.54, 1.807) is 0 Å². The van der Waals surface area contributed by atoms with Crippen molar-refractivity contribution in [3.8, 4) is 0 Å². The summed E-state index contributed by atoms with van der Waals surface area (Å²) >= 11 is 0. The third kappa shape index (κ3) is 11.6. The summed E-state index contributed by atoms with van der Waals surface area (Å²) in [6, 6.07) is -7.16. The van der Waals surface area contributed by atoms with E-state index in [0.29, 0.717) is 12.8 Å². The first-order valence-corrected chi connectivity index (χ1v) is 17.5. The molecule has 0 bridgehead atoms. The molecule has 0 aliphatic rings. The molecule has 1 amide bonds. The average molecular weight is 874 g/mol. The Morgan fingerprint density at radius 2 is 0.643 bits per heavy atom. The predicted octanol–water partition coefficient (Wildman–Crippen LogP) is 12.7. The first-order chi connectivity index (χ1) is 24.9. The molecule has 56 heavy (non-hydrogen) atoms. The highest BCUT2D eigenvalue weighted by Gasteiger charge is 2.98. The van der Waals surface area contributed by atoms with Gasteiger partial charge < -0.3 is 4.48 Å². The number of unbranched alkanes of at least 4 members (excludes halogenated alkanes) is 15. The fourth-order valence-corrected chi connectivity index (χ4v) is 5.41. The van der Waals surface area contributed by atoms with Crippen LogP contribution in [0.3, 0.4) is 0 Å². The summed E-state index contributed by atoms with van der Waals surface area (Å²) in [6.07, 6.45) is 7.66. The molecule has 0 aliphatic heterocycles. The van der Waals surface area contributed by atoms with Gasteiger partial charge in [-0.2, -0.15) is 92.2 Å². The molecule has 0 fully saturated rings. The summed E-state index contributed by atoms with van der Waals surface area (Å²) in [5.41, 5.74) is 0. The van der Waals surface area contributed by atoms with Gasteiger partial charge in [-0.1, -0.05) is 96.8 Å². The van der Waals surface area contributed by atoms with Crippen LogP contribution in [0.4, 0.5) is 92.2 Å². The van der Waals surface area contributed by atoms with Gasteiger partial charge in [0.15, 0.2) is 6.54 Å². The molecule has 336 valence electrons. The number of hydrogen-bond donors (Lipinski definition) is 1. The van der Waals surface area contributed by atoms with E-state index in [9.17, 15) is 97.0 Å². The molecule has 0 heterocycles. The lowest BCUT2D eigenvalue weighted by Gasteiger charge is -2.44. The lowest BCUT2D eigenvalue weighted by molar-refractivity contribution is -0.882. The van der Waals surface area contributed by atoms with E-state index < -0.39 is 76.5 Å². The number of halogens is 21. The van der Waals surface area contributed by atoms with Crippen LogP contribution in [0, 0.1) is 0 Å². The topological polar surface area (TPSA) is 29.1 Å². The predicted molar refractivity (Wildman–Crippen MR) is 160 cm³/mol. The summed E-state index contributed by atoms with van der Waals surface area (Å²) in [5.74, 6) is -73.5. The Balaban J connectivity index is 5.45. The number of likely N-dealkylation sites (N-methyl/N-ethyl adjacent to an activating group) is 1. The van der Waals surface area contributed by atoms with Crippen molar-refractivity contribution in [2.75, 3.05) is 27.2 Å². The number of nitrogens with zero attached hydrogens (tertiary/aromatic N) is 1. The van der Waals surface area contributed by atoms with Crippen molar-refractivity contribution in [2.24, 2.45) is 0 Å². The maximum absolute atomic E-state index is 14.2. The minimum atomic E-state index is -9.24. The third-order valence-electron chi connectivity index (χ3n) is 9.00. The molecular formula is C32H46F21N2O+. The van der Waals surface area contributed by atoms with Gasteiger partial charge in [-0.3, -0.25) is 10.1 Å². The number of rotatable bonds is 28. The quantitative estimate of drug-likeness (QED) is 0.0361. The van der Waals surface area contributed by atoms with E-state index in [4.69, 9.17) is 0 Å². The zero-order valence-electron chi connectivity index (χ0n) is 30.5. The van der Waals surface area contributed by atoms with Crippen LogP contribution in [0.1, 0.15) is 110 Å². The third-order valence-corrected chi connectivity index (χ3v) is 9.00. The van der Waals surface area contributed by atoms with Crippen LogP contribution < -0.4 is 5.32 Å². The van der Waals surface area contributed by atoms with Crippen molar-refractivity contribution in [2.45, 2.75) is 169 Å². The molecule has 0 aromatic heterocycles. The van der Waals surface area contributed by atoms with Crippen molar-refractivity contribution in [1.29, 1.82) is 0 Å². The van der Waals surface area contributed by atoms with Gasteiger partial charge in [-0.15, -0.1) is 0 Å². The van der Waals surface area contributed by atoms with Crippen molar-refractivity contribution in [3.05, 3.63) is 0 Å². The van der Waals surface area contributed by atoms with Crippen molar-refractivity contribution in [3.63, 3.8) is 0 Å². The van der Waals surface area contributed by atoms with Gasteiger partial charge in [-0.25, -0.2) is 0 Å². The Morgan fingerprint density at radius 3 is 0.929 bits per heavy atom. The zero-order valence-corrected chi connectivity index (χ0v) is 30.5. The van der Waals surface area contributed by atoms with Gasteiger partial charge in [-0.05, 0) is 12.8 Å². The summed E-state index contributed by atoms with van der Waals surface area (Å²) in [5, 5.41) is -0.208. The van der Waals surface area contributed by atoms with E-state index in [2.05, 4.69) is 6.92 Å². The highest BCUT2D eigenvalue weighted by molar-refractivity contribution is 5.77. The first kappa shape index (κ1) is 54.0. The molecule has 0 saturated carbocycles. The minimum Gasteiger partial charge on any atom is -0.321 e. The van der Waals surface area contributed by atoms with Gasteiger partial charge in [0.25, 0.3) is 5.91 Å². The highest BCUT2D eigenvalue weighted by atomic mass is 19.4. The Kier molecular flexibility index (Phi) is 18.6. The van der Waals surface area contributed by atoms with Crippen LogP contribution in [-0.2, 0) is 4.79 Å². The summed E-state index contributed by atoms with van der Waals surface area (Å²) < 4.78 is 284. The number of hydrogen-bond acceptors (Lipinski definition) is 1. The fourth-order valence-electron chi connectivity index (χ4n) is 5.41. The molecule has 0 spiro atoms. The Hall–Kier alpha value is -2.04. The van der Waals surface area contributed by atoms with Crippen molar-refractivity contribution >= 4 is 5.91 Å². The summed E-state index contributed by atoms with van der Waals surface area (Å²) in [4.78, 5) is 12.1. The van der Waals surface area contributed by atoms with Gasteiger partial charge in [0.05, 0.1) is 20.6 Å². The van der Waals surface area contributed by atoms with Crippen LogP contribution in [0.15, 0.2) is 0 Å². The van der Waals surface area contributed by atoms with Crippen LogP contribution in [0.5, 0.6) is 0 Å². The van der Waals surface area contributed by atoms with Crippen molar-refractivity contribution < 1.29 is 101 Å². The molecule has 0 rings (SSSR count). The van der Waals surface area contributed by atoms with Gasteiger partial charge in [0.1, 0.15) is 0 Å². The first-order valence-electron chi connectivity index (χ1n) is 17.5. The number of amides is 1. The molecule has 0 aromatic carbocycles. The monoisotopic (exact) mass is 873 g/mol. The molecule has 0 aromatic rings. The smallest absolute Gasteiger partial charge is 0.321 e. The Labute approximate surface area is 309 Å². The SMILES string of the molecule is CCCCCCCCCCCCCCCCCC[N+](C)(C)CC(=O)NC(F)(F)C(F)(F)C(F)(F)C(F)(F)C(F)(F)C(F)(F)C(F)(F)C(F)(F)C(F)(F)C(F)(F)F. The second kappa shape index (κ2) is 19.4. The molecular weight excluding hydrogens is 827 g/mol. The maximum Gasteiger partial charge on any atom is 0.460 e. The second-order valence-corrected chi connectivity index (χ2v) is 14.3. The number of carbonyl (C=O) groups is 1. The molecule has 0 saturated heterocycles.